The fraction of sp³-hybridized carbons (Fsp3) is 0.130. The van der Waals surface area contributed by atoms with E-state index in [1.807, 2.05) is 60.7 Å². The Labute approximate surface area is 173 Å². The Morgan fingerprint density at radius 1 is 0.800 bits per heavy atom. The van der Waals surface area contributed by atoms with Crippen molar-refractivity contribution in [3.05, 3.63) is 84.2 Å². The third-order valence-electron chi connectivity index (χ3n) is 4.56. The van der Waals surface area contributed by atoms with E-state index in [4.69, 9.17) is 4.52 Å². The highest BCUT2D eigenvalue weighted by atomic mass is 16.5. The van der Waals surface area contributed by atoms with E-state index >= 15 is 0 Å². The Bertz CT molecular complexity index is 1170. The summed E-state index contributed by atoms with van der Waals surface area (Å²) in [6, 6.07) is 22.3. The summed E-state index contributed by atoms with van der Waals surface area (Å²) in [5, 5.41) is 10.4. The predicted molar refractivity (Wildman–Crippen MR) is 113 cm³/mol. The van der Waals surface area contributed by atoms with Crippen molar-refractivity contribution in [2.75, 3.05) is 13.1 Å². The molecule has 0 fully saturated rings. The van der Waals surface area contributed by atoms with Gasteiger partial charge in [-0.25, -0.2) is 4.98 Å². The van der Waals surface area contributed by atoms with Gasteiger partial charge in [-0.1, -0.05) is 59.8 Å². The third-order valence-corrected chi connectivity index (χ3v) is 4.56. The molecule has 2 amide bonds. The van der Waals surface area contributed by atoms with Crippen LogP contribution in [-0.2, 0) is 0 Å². The van der Waals surface area contributed by atoms with Crippen molar-refractivity contribution in [2.45, 2.75) is 6.42 Å². The largest absolute Gasteiger partial charge is 0.355 e. The number of carbonyl (C=O) groups is 2. The zero-order valence-corrected chi connectivity index (χ0v) is 16.2. The fourth-order valence-corrected chi connectivity index (χ4v) is 2.99. The van der Waals surface area contributed by atoms with Gasteiger partial charge in [0.15, 0.2) is 11.5 Å². The van der Waals surface area contributed by atoms with E-state index in [9.17, 15) is 9.59 Å². The topological polar surface area (TPSA) is 97.1 Å². The maximum atomic E-state index is 12.3. The Hall–Kier alpha value is -4.00. The average molecular weight is 400 g/mol. The highest BCUT2D eigenvalue weighted by Crippen LogP contribution is 2.19. The highest BCUT2D eigenvalue weighted by Gasteiger charge is 2.13. The SMILES string of the molecule is O=C(NCCCNC(=O)c1ccc2ccccc2n1)c1cc(-c2ccccc2)on1. The molecule has 0 bridgehead atoms. The molecule has 0 radical (unpaired) electrons. The normalized spacial score (nSPS) is 10.7. The maximum absolute atomic E-state index is 12.3. The molecule has 0 aliphatic rings. The molecule has 2 heterocycles. The van der Waals surface area contributed by atoms with E-state index in [0.29, 0.717) is 31.0 Å². The molecular formula is C23H20N4O3. The number of benzene rings is 2. The molecule has 0 spiro atoms. The summed E-state index contributed by atoms with van der Waals surface area (Å²) in [6.07, 6.45) is 0.578. The number of rotatable bonds is 7. The van der Waals surface area contributed by atoms with Gasteiger partial charge in [0.2, 0.25) is 0 Å². The van der Waals surface area contributed by atoms with Gasteiger partial charge in [-0.15, -0.1) is 0 Å². The van der Waals surface area contributed by atoms with E-state index in [0.717, 1.165) is 16.5 Å². The van der Waals surface area contributed by atoms with Gasteiger partial charge >= 0.3 is 0 Å². The summed E-state index contributed by atoms with van der Waals surface area (Å²) < 4.78 is 5.24. The average Bonchev–Trinajstić information content (AvgIpc) is 3.29. The molecule has 4 rings (SSSR count). The van der Waals surface area contributed by atoms with Crippen molar-refractivity contribution in [3.8, 4) is 11.3 Å². The van der Waals surface area contributed by atoms with Crippen LogP contribution in [0.15, 0.2) is 77.3 Å². The van der Waals surface area contributed by atoms with Gasteiger partial charge in [-0.3, -0.25) is 9.59 Å². The van der Waals surface area contributed by atoms with Crippen LogP contribution >= 0.6 is 0 Å². The van der Waals surface area contributed by atoms with Crippen LogP contribution < -0.4 is 10.6 Å². The zero-order chi connectivity index (χ0) is 20.8. The number of hydrogen-bond acceptors (Lipinski definition) is 5. The molecule has 150 valence electrons. The van der Waals surface area contributed by atoms with E-state index < -0.39 is 0 Å². The quantitative estimate of drug-likeness (QED) is 0.463. The van der Waals surface area contributed by atoms with Crippen molar-refractivity contribution in [1.29, 1.82) is 0 Å². The molecule has 0 unspecified atom stereocenters. The minimum atomic E-state index is -0.316. The Balaban J connectivity index is 1.22. The summed E-state index contributed by atoms with van der Waals surface area (Å²) in [6.45, 7) is 0.819. The number of amides is 2. The van der Waals surface area contributed by atoms with E-state index in [-0.39, 0.29) is 17.5 Å². The number of fused-ring (bicyclic) bond motifs is 1. The molecule has 30 heavy (non-hydrogen) atoms. The number of pyridine rings is 1. The number of carbonyl (C=O) groups excluding carboxylic acids is 2. The van der Waals surface area contributed by atoms with Crippen molar-refractivity contribution in [3.63, 3.8) is 0 Å². The molecule has 4 aromatic rings. The van der Waals surface area contributed by atoms with Crippen LogP contribution in [0.2, 0.25) is 0 Å². The lowest BCUT2D eigenvalue weighted by Gasteiger charge is -2.06. The van der Waals surface area contributed by atoms with Crippen LogP contribution in [0.5, 0.6) is 0 Å². The number of nitrogens with zero attached hydrogens (tertiary/aromatic N) is 2. The van der Waals surface area contributed by atoms with Crippen LogP contribution in [-0.4, -0.2) is 35.0 Å². The van der Waals surface area contributed by atoms with Crippen LogP contribution in [0.4, 0.5) is 0 Å². The summed E-state index contributed by atoms with van der Waals surface area (Å²) >= 11 is 0. The van der Waals surface area contributed by atoms with Gasteiger partial charge in [0.05, 0.1) is 5.52 Å². The number of para-hydroxylation sites is 1. The lowest BCUT2D eigenvalue weighted by Crippen LogP contribution is -2.30. The number of nitrogens with one attached hydrogen (secondary N) is 2. The van der Waals surface area contributed by atoms with Gasteiger partial charge in [0.1, 0.15) is 5.69 Å². The minimum Gasteiger partial charge on any atom is -0.355 e. The lowest BCUT2D eigenvalue weighted by atomic mass is 10.1. The van der Waals surface area contributed by atoms with Crippen molar-refractivity contribution < 1.29 is 14.1 Å². The second-order valence-electron chi connectivity index (χ2n) is 6.70. The van der Waals surface area contributed by atoms with E-state index in [2.05, 4.69) is 20.8 Å². The van der Waals surface area contributed by atoms with Crippen molar-refractivity contribution >= 4 is 22.7 Å². The van der Waals surface area contributed by atoms with Gasteiger partial charge in [-0.2, -0.15) is 0 Å². The zero-order valence-electron chi connectivity index (χ0n) is 16.2. The first kappa shape index (κ1) is 19.3. The molecular weight excluding hydrogens is 380 g/mol. The first-order chi connectivity index (χ1) is 14.7. The summed E-state index contributed by atoms with van der Waals surface area (Å²) in [4.78, 5) is 28.8. The van der Waals surface area contributed by atoms with Gasteiger partial charge in [0.25, 0.3) is 11.8 Å². The summed E-state index contributed by atoms with van der Waals surface area (Å²) in [5.74, 6) is -0.0181. The first-order valence-corrected chi connectivity index (χ1v) is 9.65. The van der Waals surface area contributed by atoms with Gasteiger partial charge in [0, 0.05) is 30.1 Å². The predicted octanol–water partition coefficient (Wildman–Crippen LogP) is 3.44. The molecule has 2 N–H and O–H groups in total. The van der Waals surface area contributed by atoms with Crippen LogP contribution in [0.1, 0.15) is 27.4 Å². The molecule has 0 aliphatic heterocycles. The van der Waals surface area contributed by atoms with Crippen molar-refractivity contribution in [1.82, 2.24) is 20.8 Å². The minimum absolute atomic E-state index is 0.221. The monoisotopic (exact) mass is 400 g/mol. The standard InChI is InChI=1S/C23H20N4O3/c28-22(19-12-11-16-7-4-5-10-18(16)26-19)24-13-6-14-25-23(29)20-15-21(30-27-20)17-8-2-1-3-9-17/h1-5,7-12,15H,6,13-14H2,(H,24,28)(H,25,29). The molecule has 7 heteroatoms. The molecule has 0 atom stereocenters. The highest BCUT2D eigenvalue weighted by molar-refractivity contribution is 5.95. The van der Waals surface area contributed by atoms with Gasteiger partial charge < -0.3 is 15.2 Å². The number of hydrogen-bond donors (Lipinski definition) is 2. The van der Waals surface area contributed by atoms with Crippen LogP contribution in [0.3, 0.4) is 0 Å². The van der Waals surface area contributed by atoms with E-state index in [1.54, 1.807) is 12.1 Å². The van der Waals surface area contributed by atoms with Gasteiger partial charge in [-0.05, 0) is 18.6 Å². The molecule has 0 aliphatic carbocycles. The Kier molecular flexibility index (Phi) is 5.80. The third kappa shape index (κ3) is 4.52. The van der Waals surface area contributed by atoms with Crippen LogP contribution in [0, 0.1) is 0 Å². The Morgan fingerprint density at radius 3 is 2.30 bits per heavy atom. The summed E-state index contributed by atoms with van der Waals surface area (Å²) in [7, 11) is 0. The smallest absolute Gasteiger partial charge is 0.273 e. The second kappa shape index (κ2) is 9.00. The molecule has 7 nitrogen and oxygen atoms in total. The first-order valence-electron chi connectivity index (χ1n) is 9.65. The molecule has 0 saturated heterocycles. The molecule has 0 saturated carbocycles. The second-order valence-corrected chi connectivity index (χ2v) is 6.70. The summed E-state index contributed by atoms with van der Waals surface area (Å²) in [5.41, 5.74) is 2.22. The Morgan fingerprint density at radius 2 is 1.50 bits per heavy atom. The number of aromatic nitrogens is 2. The van der Waals surface area contributed by atoms with E-state index in [1.165, 1.54) is 0 Å². The molecule has 2 aromatic carbocycles. The fourth-order valence-electron chi connectivity index (χ4n) is 2.99. The lowest BCUT2D eigenvalue weighted by molar-refractivity contribution is 0.0944. The molecule has 2 aromatic heterocycles. The van der Waals surface area contributed by atoms with Crippen molar-refractivity contribution in [2.24, 2.45) is 0 Å². The maximum Gasteiger partial charge on any atom is 0.273 e. The van der Waals surface area contributed by atoms with Crippen LogP contribution in [0.25, 0.3) is 22.2 Å².